The van der Waals surface area contributed by atoms with Crippen LogP contribution in [0.15, 0.2) is 66.7 Å². The lowest BCUT2D eigenvalue weighted by atomic mass is 9.87. The highest BCUT2D eigenvalue weighted by atomic mass is 16.6. The van der Waals surface area contributed by atoms with Gasteiger partial charge in [-0.2, -0.15) is 0 Å². The van der Waals surface area contributed by atoms with E-state index < -0.39 is 11.5 Å². The van der Waals surface area contributed by atoms with E-state index in [1.165, 1.54) is 5.56 Å². The standard InChI is InChI=1S/C31H39N3O4/c1-21(2)17-33(29(36)26-16-28(35)32-27-14-10-9-13-25(26)27)19-24-20-34(30(37)38-31(3,4)5)18-23(24)15-22-11-7-6-8-12-22/h6-14,23-24,26H,1,15-20H2,2-5H3,(H,32,35)/t23-,24+,26?/m1/s1. The number of carbonyl (C=O) groups is 3. The fourth-order valence-corrected chi connectivity index (χ4v) is 5.46. The lowest BCUT2D eigenvalue weighted by Crippen LogP contribution is -2.43. The molecule has 3 atom stereocenters. The Morgan fingerprint density at radius 1 is 1.05 bits per heavy atom. The van der Waals surface area contributed by atoms with Gasteiger partial charge in [0.15, 0.2) is 0 Å². The van der Waals surface area contributed by atoms with Crippen LogP contribution in [0.2, 0.25) is 0 Å². The Labute approximate surface area is 225 Å². The summed E-state index contributed by atoms with van der Waals surface area (Å²) in [4.78, 5) is 43.1. The van der Waals surface area contributed by atoms with Crippen LogP contribution in [0.25, 0.3) is 0 Å². The summed E-state index contributed by atoms with van der Waals surface area (Å²) in [5.41, 5.74) is 3.02. The number of hydrogen-bond donors (Lipinski definition) is 1. The van der Waals surface area contributed by atoms with Gasteiger partial charge in [-0.05, 0) is 63.1 Å². The summed E-state index contributed by atoms with van der Waals surface area (Å²) in [5.74, 6) is -0.568. The molecule has 0 aliphatic carbocycles. The average Bonchev–Trinajstić information content (AvgIpc) is 3.24. The first-order chi connectivity index (χ1) is 18.0. The normalized spacial score (nSPS) is 20.9. The first-order valence-electron chi connectivity index (χ1n) is 13.3. The summed E-state index contributed by atoms with van der Waals surface area (Å²) < 4.78 is 5.68. The number of nitrogens with zero attached hydrogens (tertiary/aromatic N) is 2. The molecule has 2 heterocycles. The lowest BCUT2D eigenvalue weighted by Gasteiger charge is -2.33. The molecule has 0 radical (unpaired) electrons. The van der Waals surface area contributed by atoms with Crippen LogP contribution in [-0.4, -0.2) is 59.5 Å². The molecule has 7 heteroatoms. The van der Waals surface area contributed by atoms with Gasteiger partial charge < -0.3 is 19.9 Å². The summed E-state index contributed by atoms with van der Waals surface area (Å²) >= 11 is 0. The first kappa shape index (κ1) is 27.4. The number of benzene rings is 2. The number of hydrogen-bond acceptors (Lipinski definition) is 4. The zero-order chi connectivity index (χ0) is 27.4. The van der Waals surface area contributed by atoms with Crippen LogP contribution < -0.4 is 5.32 Å². The minimum absolute atomic E-state index is 0.0543. The Kier molecular flexibility index (Phi) is 8.24. The van der Waals surface area contributed by atoms with E-state index in [4.69, 9.17) is 4.74 Å². The SMILES string of the molecule is C=C(C)CN(C[C@H]1CN(C(=O)OC(C)(C)C)C[C@H]1Cc1ccccc1)C(=O)C1CC(=O)Nc2ccccc21. The van der Waals surface area contributed by atoms with E-state index in [0.29, 0.717) is 31.9 Å². The molecule has 1 unspecified atom stereocenters. The molecule has 2 aromatic carbocycles. The third kappa shape index (κ3) is 6.82. The molecule has 7 nitrogen and oxygen atoms in total. The van der Waals surface area contributed by atoms with Crippen LogP contribution in [-0.2, 0) is 20.7 Å². The molecular formula is C31H39N3O4. The van der Waals surface area contributed by atoms with Crippen LogP contribution in [0, 0.1) is 11.8 Å². The largest absolute Gasteiger partial charge is 0.444 e. The van der Waals surface area contributed by atoms with E-state index in [2.05, 4.69) is 24.0 Å². The number of fused-ring (bicyclic) bond motifs is 1. The number of anilines is 1. The average molecular weight is 518 g/mol. The Balaban J connectivity index is 1.58. The van der Waals surface area contributed by atoms with Crippen molar-refractivity contribution in [2.75, 3.05) is 31.5 Å². The van der Waals surface area contributed by atoms with Crippen molar-refractivity contribution >= 4 is 23.6 Å². The van der Waals surface area contributed by atoms with Gasteiger partial charge in [-0.3, -0.25) is 9.59 Å². The Morgan fingerprint density at radius 2 is 1.71 bits per heavy atom. The van der Waals surface area contributed by atoms with Crippen molar-refractivity contribution in [3.63, 3.8) is 0 Å². The molecule has 2 aliphatic heterocycles. The van der Waals surface area contributed by atoms with Crippen molar-refractivity contribution in [3.05, 3.63) is 77.9 Å². The van der Waals surface area contributed by atoms with Crippen LogP contribution in [0.5, 0.6) is 0 Å². The summed E-state index contributed by atoms with van der Waals surface area (Å²) in [7, 11) is 0. The second kappa shape index (κ2) is 11.4. The quantitative estimate of drug-likeness (QED) is 0.510. The number of rotatable bonds is 7. The van der Waals surface area contributed by atoms with Crippen molar-refractivity contribution in [2.24, 2.45) is 11.8 Å². The fourth-order valence-electron chi connectivity index (χ4n) is 5.46. The number of ether oxygens (including phenoxy) is 1. The minimum atomic E-state index is -0.582. The highest BCUT2D eigenvalue weighted by molar-refractivity contribution is 6.01. The van der Waals surface area contributed by atoms with Gasteiger partial charge in [-0.15, -0.1) is 0 Å². The van der Waals surface area contributed by atoms with Crippen LogP contribution in [0.4, 0.5) is 10.5 Å². The first-order valence-corrected chi connectivity index (χ1v) is 13.3. The Hall–Kier alpha value is -3.61. The molecule has 2 aromatic rings. The van der Waals surface area contributed by atoms with Crippen molar-refractivity contribution in [3.8, 4) is 0 Å². The molecule has 0 bridgehead atoms. The van der Waals surface area contributed by atoms with Crippen molar-refractivity contribution in [1.82, 2.24) is 9.80 Å². The van der Waals surface area contributed by atoms with Crippen molar-refractivity contribution in [1.29, 1.82) is 0 Å². The van der Waals surface area contributed by atoms with Crippen LogP contribution in [0.1, 0.15) is 51.2 Å². The fraction of sp³-hybridized carbons (Fsp3) is 0.452. The Morgan fingerprint density at radius 3 is 2.39 bits per heavy atom. The molecule has 1 saturated heterocycles. The zero-order valence-corrected chi connectivity index (χ0v) is 22.9. The zero-order valence-electron chi connectivity index (χ0n) is 22.9. The second-order valence-electron chi connectivity index (χ2n) is 11.7. The third-order valence-electron chi connectivity index (χ3n) is 7.09. The van der Waals surface area contributed by atoms with Gasteiger partial charge in [0.05, 0.1) is 5.92 Å². The van der Waals surface area contributed by atoms with E-state index in [-0.39, 0.29) is 36.2 Å². The molecule has 202 valence electrons. The number of amides is 3. The maximum Gasteiger partial charge on any atom is 0.410 e. The van der Waals surface area contributed by atoms with Gasteiger partial charge in [0.2, 0.25) is 11.8 Å². The van der Waals surface area contributed by atoms with Gasteiger partial charge in [0.25, 0.3) is 0 Å². The van der Waals surface area contributed by atoms with Gasteiger partial charge in [-0.25, -0.2) is 4.79 Å². The molecule has 4 rings (SSSR count). The van der Waals surface area contributed by atoms with E-state index >= 15 is 0 Å². The molecular weight excluding hydrogens is 478 g/mol. The molecule has 38 heavy (non-hydrogen) atoms. The van der Waals surface area contributed by atoms with E-state index in [1.807, 2.05) is 75.1 Å². The molecule has 1 N–H and O–H groups in total. The predicted octanol–water partition coefficient (Wildman–Crippen LogP) is 5.24. The molecule has 0 saturated carbocycles. The summed E-state index contributed by atoms with van der Waals surface area (Å²) in [6.45, 7) is 13.5. The van der Waals surface area contributed by atoms with E-state index in [0.717, 1.165) is 17.6 Å². The topological polar surface area (TPSA) is 79.0 Å². The van der Waals surface area contributed by atoms with Crippen LogP contribution in [0.3, 0.4) is 0 Å². The number of para-hydroxylation sites is 1. The van der Waals surface area contributed by atoms with Gasteiger partial charge in [-0.1, -0.05) is 60.7 Å². The van der Waals surface area contributed by atoms with Crippen molar-refractivity contribution < 1.29 is 19.1 Å². The summed E-state index contributed by atoms with van der Waals surface area (Å²) in [5, 5.41) is 2.88. The summed E-state index contributed by atoms with van der Waals surface area (Å²) in [6, 6.07) is 17.7. The number of nitrogens with one attached hydrogen (secondary N) is 1. The summed E-state index contributed by atoms with van der Waals surface area (Å²) in [6.07, 6.45) is 0.591. The molecule has 0 aromatic heterocycles. The van der Waals surface area contributed by atoms with Gasteiger partial charge >= 0.3 is 6.09 Å². The Bertz CT molecular complexity index is 1190. The maximum atomic E-state index is 14.0. The highest BCUT2D eigenvalue weighted by Crippen LogP contribution is 2.35. The lowest BCUT2D eigenvalue weighted by molar-refractivity contribution is -0.135. The smallest absolute Gasteiger partial charge is 0.410 e. The molecule has 1 fully saturated rings. The number of carbonyl (C=O) groups excluding carboxylic acids is 3. The minimum Gasteiger partial charge on any atom is -0.444 e. The highest BCUT2D eigenvalue weighted by Gasteiger charge is 2.40. The number of likely N-dealkylation sites (tertiary alicyclic amines) is 1. The monoisotopic (exact) mass is 517 g/mol. The van der Waals surface area contributed by atoms with Crippen LogP contribution >= 0.6 is 0 Å². The third-order valence-corrected chi connectivity index (χ3v) is 7.09. The van der Waals surface area contributed by atoms with E-state index in [1.54, 1.807) is 4.90 Å². The van der Waals surface area contributed by atoms with Gasteiger partial charge in [0, 0.05) is 38.3 Å². The van der Waals surface area contributed by atoms with Gasteiger partial charge in [0.1, 0.15) is 5.60 Å². The molecule has 0 spiro atoms. The van der Waals surface area contributed by atoms with Crippen molar-refractivity contribution in [2.45, 2.75) is 52.1 Å². The molecule has 3 amide bonds. The maximum absolute atomic E-state index is 14.0. The van der Waals surface area contributed by atoms with E-state index in [9.17, 15) is 14.4 Å². The second-order valence-corrected chi connectivity index (χ2v) is 11.7. The molecule has 2 aliphatic rings. The predicted molar refractivity (Wildman–Crippen MR) is 149 cm³/mol.